The minimum absolute atomic E-state index is 0.0557. The molecule has 6 nitrogen and oxygen atoms in total. The molecule has 1 aliphatic heterocycles. The summed E-state index contributed by atoms with van der Waals surface area (Å²) in [6, 6.07) is 8.04. The number of para-hydroxylation sites is 1. The summed E-state index contributed by atoms with van der Waals surface area (Å²) in [6.07, 6.45) is 10.3. The van der Waals surface area contributed by atoms with Crippen LogP contribution in [-0.4, -0.2) is 63.6 Å². The molecular weight excluding hydrogens is 424 g/mol. The highest BCUT2D eigenvalue weighted by Crippen LogP contribution is 2.31. The molecule has 2 aliphatic carbocycles. The number of nitrogens with one attached hydrogen (secondary N) is 1. The molecule has 1 aromatic carbocycles. The molecule has 2 saturated carbocycles. The van der Waals surface area contributed by atoms with Gasteiger partial charge in [-0.3, -0.25) is 4.90 Å². The number of likely N-dealkylation sites (tertiary alicyclic amines) is 1. The van der Waals surface area contributed by atoms with Crippen LogP contribution in [0.1, 0.15) is 63.4 Å². The molecule has 2 atom stereocenters. The summed E-state index contributed by atoms with van der Waals surface area (Å²) in [4.78, 5) is 2.38. The van der Waals surface area contributed by atoms with Crippen LogP contribution >= 0.6 is 0 Å². The Balaban J connectivity index is 1.38. The zero-order valence-corrected chi connectivity index (χ0v) is 20.3. The number of nitrogens with zero attached hydrogens (tertiary/aromatic N) is 1. The van der Waals surface area contributed by atoms with E-state index in [4.69, 9.17) is 9.47 Å². The summed E-state index contributed by atoms with van der Waals surface area (Å²) >= 11 is 0. The highest BCUT2D eigenvalue weighted by molar-refractivity contribution is 7.89. The molecule has 32 heavy (non-hydrogen) atoms. The standard InChI is InChI=1S/C25H40N2O4S/c1-20-8-5-6-12-25(20)30-17-16-27-15-7-11-23(26-32(28,29)19-21-13-14-21)24(27)18-31-22-9-3-2-4-10-22/h5-6,8,12,21-24,26H,2-4,7,9-11,13-19H2,1H3/t23-,24-/m0/s1. The van der Waals surface area contributed by atoms with E-state index in [0.717, 1.165) is 62.9 Å². The van der Waals surface area contributed by atoms with Gasteiger partial charge in [0.2, 0.25) is 10.0 Å². The molecule has 0 spiro atoms. The number of piperidine rings is 1. The topological polar surface area (TPSA) is 67.9 Å². The van der Waals surface area contributed by atoms with Crippen LogP contribution in [0.5, 0.6) is 5.75 Å². The van der Waals surface area contributed by atoms with E-state index in [2.05, 4.69) is 22.6 Å². The van der Waals surface area contributed by atoms with Crippen molar-refractivity contribution in [1.82, 2.24) is 9.62 Å². The van der Waals surface area contributed by atoms with E-state index in [0.29, 0.717) is 25.2 Å². The number of rotatable bonds is 11. The number of hydrogen-bond donors (Lipinski definition) is 1. The summed E-state index contributed by atoms with van der Waals surface area (Å²) < 4.78 is 41.0. The molecule has 0 unspecified atom stereocenters. The Kier molecular flexibility index (Phi) is 8.49. The van der Waals surface area contributed by atoms with E-state index in [9.17, 15) is 8.42 Å². The van der Waals surface area contributed by atoms with Gasteiger partial charge in [0.1, 0.15) is 12.4 Å². The van der Waals surface area contributed by atoms with Crippen molar-refractivity contribution in [1.29, 1.82) is 0 Å². The zero-order chi connectivity index (χ0) is 22.4. The summed E-state index contributed by atoms with van der Waals surface area (Å²) in [7, 11) is -3.25. The van der Waals surface area contributed by atoms with E-state index >= 15 is 0 Å². The van der Waals surface area contributed by atoms with Gasteiger partial charge in [-0.05, 0) is 69.5 Å². The Morgan fingerprint density at radius 2 is 1.81 bits per heavy atom. The first kappa shape index (κ1) is 24.0. The fourth-order valence-electron chi connectivity index (χ4n) is 5.09. The second kappa shape index (κ2) is 11.3. The minimum atomic E-state index is -3.25. The van der Waals surface area contributed by atoms with Crippen molar-refractivity contribution in [3.05, 3.63) is 29.8 Å². The maximum Gasteiger partial charge on any atom is 0.212 e. The molecular formula is C25H40N2O4S. The predicted molar refractivity (Wildman–Crippen MR) is 128 cm³/mol. The second-order valence-corrected chi connectivity index (χ2v) is 11.7. The Morgan fingerprint density at radius 1 is 1.03 bits per heavy atom. The van der Waals surface area contributed by atoms with E-state index in [1.54, 1.807) is 0 Å². The third kappa shape index (κ3) is 7.17. The van der Waals surface area contributed by atoms with Gasteiger partial charge in [-0.2, -0.15) is 0 Å². The Hall–Kier alpha value is -1.15. The van der Waals surface area contributed by atoms with Crippen molar-refractivity contribution in [3.8, 4) is 5.75 Å². The van der Waals surface area contributed by atoms with Crippen LogP contribution in [0.15, 0.2) is 24.3 Å². The maximum absolute atomic E-state index is 12.7. The van der Waals surface area contributed by atoms with Crippen LogP contribution in [0.2, 0.25) is 0 Å². The Labute approximate surface area is 194 Å². The largest absolute Gasteiger partial charge is 0.492 e. The number of ether oxygens (including phenoxy) is 2. The molecule has 0 aromatic heterocycles. The first-order valence-electron chi connectivity index (χ1n) is 12.5. The molecule has 1 heterocycles. The van der Waals surface area contributed by atoms with Gasteiger partial charge in [0.05, 0.1) is 18.5 Å². The number of benzene rings is 1. The number of hydrogen-bond acceptors (Lipinski definition) is 5. The molecule has 0 radical (unpaired) electrons. The van der Waals surface area contributed by atoms with Crippen LogP contribution in [0.3, 0.4) is 0 Å². The number of sulfonamides is 1. The molecule has 0 bridgehead atoms. The van der Waals surface area contributed by atoms with Crippen molar-refractivity contribution in [2.24, 2.45) is 5.92 Å². The number of aryl methyl sites for hydroxylation is 1. The van der Waals surface area contributed by atoms with E-state index < -0.39 is 10.0 Å². The summed E-state index contributed by atoms with van der Waals surface area (Å²) in [5, 5.41) is 0. The lowest BCUT2D eigenvalue weighted by atomic mass is 9.96. The third-order valence-corrected chi connectivity index (χ3v) is 8.73. The van der Waals surface area contributed by atoms with Crippen molar-refractivity contribution in [3.63, 3.8) is 0 Å². The molecule has 1 aromatic rings. The summed E-state index contributed by atoms with van der Waals surface area (Å²) in [5.41, 5.74) is 1.13. The third-order valence-electron chi connectivity index (χ3n) is 7.16. The normalized spacial score (nSPS) is 25.7. The monoisotopic (exact) mass is 464 g/mol. The lowest BCUT2D eigenvalue weighted by Gasteiger charge is -2.42. The molecule has 3 aliphatic rings. The van der Waals surface area contributed by atoms with Crippen LogP contribution < -0.4 is 9.46 Å². The van der Waals surface area contributed by atoms with Crippen LogP contribution in [0, 0.1) is 12.8 Å². The SMILES string of the molecule is Cc1ccccc1OCCN1CCC[C@H](NS(=O)(=O)CC2CC2)[C@@H]1COC1CCCCC1. The molecule has 0 amide bonds. The lowest BCUT2D eigenvalue weighted by Crippen LogP contribution is -2.58. The van der Waals surface area contributed by atoms with Gasteiger partial charge in [0.25, 0.3) is 0 Å². The Morgan fingerprint density at radius 3 is 2.56 bits per heavy atom. The van der Waals surface area contributed by atoms with Crippen LogP contribution in [0.25, 0.3) is 0 Å². The van der Waals surface area contributed by atoms with Gasteiger partial charge in [0.15, 0.2) is 0 Å². The Bertz CT molecular complexity index is 821. The molecule has 7 heteroatoms. The first-order chi connectivity index (χ1) is 15.5. The second-order valence-electron chi connectivity index (χ2n) is 9.90. The van der Waals surface area contributed by atoms with E-state index in [1.807, 2.05) is 18.2 Å². The van der Waals surface area contributed by atoms with Gasteiger partial charge < -0.3 is 9.47 Å². The first-order valence-corrected chi connectivity index (χ1v) is 14.2. The molecule has 3 fully saturated rings. The van der Waals surface area contributed by atoms with Gasteiger partial charge in [-0.15, -0.1) is 0 Å². The van der Waals surface area contributed by atoms with Gasteiger partial charge in [0, 0.05) is 18.6 Å². The lowest BCUT2D eigenvalue weighted by molar-refractivity contribution is -0.0277. The van der Waals surface area contributed by atoms with Crippen LogP contribution in [-0.2, 0) is 14.8 Å². The van der Waals surface area contributed by atoms with Crippen molar-refractivity contribution < 1.29 is 17.9 Å². The average molecular weight is 465 g/mol. The van der Waals surface area contributed by atoms with Crippen molar-refractivity contribution >= 4 is 10.0 Å². The summed E-state index contributed by atoms with van der Waals surface area (Å²) in [6.45, 7) is 4.96. The fraction of sp³-hybridized carbons (Fsp3) is 0.760. The zero-order valence-electron chi connectivity index (χ0n) is 19.5. The van der Waals surface area contributed by atoms with Crippen molar-refractivity contribution in [2.45, 2.75) is 82.9 Å². The van der Waals surface area contributed by atoms with Crippen LogP contribution in [0.4, 0.5) is 0 Å². The minimum Gasteiger partial charge on any atom is -0.492 e. The molecule has 1 N–H and O–H groups in total. The van der Waals surface area contributed by atoms with E-state index in [1.165, 1.54) is 19.3 Å². The fourth-order valence-corrected chi connectivity index (χ4v) is 6.88. The van der Waals surface area contributed by atoms with E-state index in [-0.39, 0.29) is 17.8 Å². The van der Waals surface area contributed by atoms with Gasteiger partial charge in [-0.1, -0.05) is 37.5 Å². The molecule has 1 saturated heterocycles. The van der Waals surface area contributed by atoms with Crippen molar-refractivity contribution in [2.75, 3.05) is 32.1 Å². The smallest absolute Gasteiger partial charge is 0.212 e. The highest BCUT2D eigenvalue weighted by Gasteiger charge is 2.36. The highest BCUT2D eigenvalue weighted by atomic mass is 32.2. The molecule has 180 valence electrons. The average Bonchev–Trinajstić information content (AvgIpc) is 3.58. The van der Waals surface area contributed by atoms with Gasteiger partial charge in [-0.25, -0.2) is 13.1 Å². The summed E-state index contributed by atoms with van der Waals surface area (Å²) in [5.74, 6) is 1.55. The molecule has 4 rings (SSSR count). The quantitative estimate of drug-likeness (QED) is 0.538. The maximum atomic E-state index is 12.7. The van der Waals surface area contributed by atoms with Gasteiger partial charge >= 0.3 is 0 Å². The predicted octanol–water partition coefficient (Wildman–Crippen LogP) is 3.89.